The van der Waals surface area contributed by atoms with Gasteiger partial charge in [0.1, 0.15) is 0 Å². The van der Waals surface area contributed by atoms with Crippen molar-refractivity contribution >= 4 is 8.07 Å². The van der Waals surface area contributed by atoms with E-state index in [0.29, 0.717) is 0 Å². The van der Waals surface area contributed by atoms with Gasteiger partial charge in [-0.05, 0) is 0 Å². The Kier molecular flexibility index (Phi) is 7.36. The normalized spacial score (nSPS) is 21.7. The van der Waals surface area contributed by atoms with E-state index in [1.54, 1.807) is 0 Å². The molecule has 0 bridgehead atoms. The molecular formula is C8H8F12Si. The van der Waals surface area contributed by atoms with E-state index in [4.69, 9.17) is 0 Å². The fourth-order valence-corrected chi connectivity index (χ4v) is 5.36. The van der Waals surface area contributed by atoms with Crippen molar-refractivity contribution in [2.75, 3.05) is 0 Å². The van der Waals surface area contributed by atoms with Crippen molar-refractivity contribution in [2.45, 2.75) is 48.9 Å². The van der Waals surface area contributed by atoms with Crippen LogP contribution < -0.4 is 0 Å². The molecule has 0 spiro atoms. The summed E-state index contributed by atoms with van der Waals surface area (Å²) in [7, 11) is -7.13. The minimum absolute atomic E-state index is 4.51. The Balaban J connectivity index is 6.20. The van der Waals surface area contributed by atoms with Crippen molar-refractivity contribution in [1.82, 2.24) is 0 Å². The predicted molar refractivity (Wildman–Crippen MR) is 49.4 cm³/mol. The lowest BCUT2D eigenvalue weighted by Gasteiger charge is -2.39. The van der Waals surface area contributed by atoms with Crippen molar-refractivity contribution in [3.05, 3.63) is 0 Å². The molecule has 0 nitrogen and oxygen atoms in total. The van der Waals surface area contributed by atoms with E-state index in [1.165, 1.54) is 0 Å². The fraction of sp³-hybridized carbons (Fsp3) is 1.00. The van der Waals surface area contributed by atoms with E-state index in [2.05, 4.69) is 0 Å². The van der Waals surface area contributed by atoms with Crippen LogP contribution in [-0.2, 0) is 0 Å². The van der Waals surface area contributed by atoms with E-state index in [-0.39, 0.29) is 0 Å². The Hall–Kier alpha value is -0.623. The molecule has 0 aromatic carbocycles. The second kappa shape index (κ2) is 7.58. The number of halogens is 12. The van der Waals surface area contributed by atoms with Gasteiger partial charge in [-0.3, -0.25) is 0 Å². The molecule has 0 saturated heterocycles. The lowest BCUT2D eigenvalue weighted by Crippen LogP contribution is -2.74. The molecule has 0 saturated carbocycles. The van der Waals surface area contributed by atoms with Gasteiger partial charge in [-0.1, -0.05) is 0 Å². The summed E-state index contributed by atoms with van der Waals surface area (Å²) in [6, 6.07) is 0. The number of hydrogen-bond acceptors (Lipinski definition) is 0. The van der Waals surface area contributed by atoms with Crippen LogP contribution in [0.3, 0.4) is 0 Å². The lowest BCUT2D eigenvalue weighted by molar-refractivity contribution is 0.0118. The molecule has 13 heteroatoms. The Labute approximate surface area is 111 Å². The average molecular weight is 360 g/mol. The van der Waals surface area contributed by atoms with Crippen LogP contribution in [0.2, 0.25) is 0 Å². The summed E-state index contributed by atoms with van der Waals surface area (Å²) < 4.78 is 151. The summed E-state index contributed by atoms with van der Waals surface area (Å²) in [5.74, 6) is -18.0. The summed E-state index contributed by atoms with van der Waals surface area (Å²) in [4.78, 5) is 0. The van der Waals surface area contributed by atoms with Gasteiger partial charge in [-0.2, -0.15) is 0 Å². The average Bonchev–Trinajstić information content (AvgIpc) is 2.37. The molecule has 4 atom stereocenters. The van der Waals surface area contributed by atoms with Gasteiger partial charge >= 0.3 is 0 Å². The third kappa shape index (κ3) is 3.77. The van der Waals surface area contributed by atoms with Crippen LogP contribution in [0.15, 0.2) is 0 Å². The van der Waals surface area contributed by atoms with Gasteiger partial charge in [-0.15, -0.1) is 0 Å². The molecule has 0 fully saturated rings. The summed E-state index contributed by atoms with van der Waals surface area (Å²) in [5, 5.41) is 0. The van der Waals surface area contributed by atoms with Gasteiger partial charge in [0.15, 0.2) is 23.2 Å². The third-order valence-electron chi connectivity index (χ3n) is 2.80. The van der Waals surface area contributed by atoms with Gasteiger partial charge in [0.25, 0.3) is 25.7 Å². The van der Waals surface area contributed by atoms with Crippen molar-refractivity contribution in [2.24, 2.45) is 0 Å². The maximum absolute atomic E-state index is 13.3. The van der Waals surface area contributed by atoms with Crippen LogP contribution in [-0.4, -0.2) is 57.0 Å². The summed E-state index contributed by atoms with van der Waals surface area (Å²) >= 11 is 0. The molecule has 0 heterocycles. The molecule has 128 valence electrons. The fourth-order valence-electron chi connectivity index (χ4n) is 1.79. The van der Waals surface area contributed by atoms with Crippen LogP contribution in [0.4, 0.5) is 52.7 Å². The first-order valence-corrected chi connectivity index (χ1v) is 7.42. The molecule has 0 aliphatic rings. The molecule has 0 aromatic rings. The van der Waals surface area contributed by atoms with Crippen molar-refractivity contribution < 1.29 is 52.7 Å². The van der Waals surface area contributed by atoms with E-state index in [0.717, 1.165) is 0 Å². The zero-order valence-corrected chi connectivity index (χ0v) is 10.7. The van der Waals surface area contributed by atoms with Crippen molar-refractivity contribution in [1.29, 1.82) is 0 Å². The second-order valence-electron chi connectivity index (χ2n) is 3.94. The maximum Gasteiger partial charge on any atom is 0.266 e. The highest BCUT2D eigenvalue weighted by atomic mass is 28.3. The molecule has 0 aliphatic carbocycles. The first-order valence-electron chi connectivity index (χ1n) is 5.11. The van der Waals surface area contributed by atoms with Crippen LogP contribution in [0, 0.1) is 0 Å². The smallest absolute Gasteiger partial charge is 0.245 e. The highest BCUT2D eigenvalue weighted by molar-refractivity contribution is 6.85. The number of hydrogen-bond donors (Lipinski definition) is 0. The van der Waals surface area contributed by atoms with E-state index in [1.807, 2.05) is 0 Å². The Morgan fingerprint density at radius 2 is 0.476 bits per heavy atom. The largest absolute Gasteiger partial charge is 0.266 e. The van der Waals surface area contributed by atoms with Crippen LogP contribution >= 0.6 is 0 Å². The first kappa shape index (κ1) is 20.4. The molecule has 0 aliphatic heterocycles. The van der Waals surface area contributed by atoms with E-state index < -0.39 is 57.0 Å². The van der Waals surface area contributed by atoms with Crippen molar-refractivity contribution in [3.8, 4) is 0 Å². The zero-order valence-electron chi connectivity index (χ0n) is 9.65. The molecule has 0 N–H and O–H groups in total. The van der Waals surface area contributed by atoms with Gasteiger partial charge in [0, 0.05) is 0 Å². The predicted octanol–water partition coefficient (Wildman–Crippen LogP) is 4.00. The monoisotopic (exact) mass is 360 g/mol. The standard InChI is InChI=1S/C8H8F12Si/c9-1(10)5(17)21(6(18)2(11)12,7(19)3(13)14)8(20)4(15)16/h1-8H. The number of alkyl halides is 12. The first-order chi connectivity index (χ1) is 9.42. The molecule has 0 radical (unpaired) electrons. The van der Waals surface area contributed by atoms with Crippen LogP contribution in [0.25, 0.3) is 0 Å². The van der Waals surface area contributed by atoms with Gasteiger partial charge < -0.3 is 0 Å². The quantitative estimate of drug-likeness (QED) is 0.453. The minimum atomic E-state index is -7.13. The molecule has 21 heavy (non-hydrogen) atoms. The second-order valence-corrected chi connectivity index (χ2v) is 8.15. The van der Waals surface area contributed by atoms with E-state index in [9.17, 15) is 52.7 Å². The van der Waals surface area contributed by atoms with Crippen molar-refractivity contribution in [3.63, 3.8) is 0 Å². The van der Waals surface area contributed by atoms with Crippen LogP contribution in [0.5, 0.6) is 0 Å². The minimum Gasteiger partial charge on any atom is -0.245 e. The Morgan fingerprint density at radius 3 is 0.571 bits per heavy atom. The summed E-state index contributed by atoms with van der Waals surface area (Å²) in [5.41, 5.74) is 0. The highest BCUT2D eigenvalue weighted by Gasteiger charge is 2.71. The van der Waals surface area contributed by atoms with E-state index >= 15 is 0 Å². The number of rotatable bonds is 8. The summed E-state index contributed by atoms with van der Waals surface area (Å²) in [6.07, 6.45) is -18.3. The van der Waals surface area contributed by atoms with Gasteiger partial charge in [0.2, 0.25) is 8.07 Å². The molecule has 4 unspecified atom stereocenters. The zero-order chi connectivity index (χ0) is 17.1. The highest BCUT2D eigenvalue weighted by Crippen LogP contribution is 2.40. The molecule has 0 amide bonds. The summed E-state index contributed by atoms with van der Waals surface area (Å²) in [6.45, 7) is 0. The maximum atomic E-state index is 13.3. The third-order valence-corrected chi connectivity index (χ3v) is 7.62. The SMILES string of the molecule is FC(F)C(F)[Si](C(F)C(F)F)(C(F)C(F)F)C(F)C(F)F. The molecule has 0 rings (SSSR count). The Morgan fingerprint density at radius 1 is 0.333 bits per heavy atom. The topological polar surface area (TPSA) is 0 Å². The van der Waals surface area contributed by atoms with Gasteiger partial charge in [0.05, 0.1) is 0 Å². The van der Waals surface area contributed by atoms with Gasteiger partial charge in [-0.25, -0.2) is 52.7 Å². The van der Waals surface area contributed by atoms with Crippen LogP contribution in [0.1, 0.15) is 0 Å². The molecular weight excluding hydrogens is 352 g/mol. The molecule has 0 aromatic heterocycles. The Bertz CT molecular complexity index is 248. The lowest BCUT2D eigenvalue weighted by atomic mass is 10.7.